The minimum absolute atomic E-state index is 0.00453. The van der Waals surface area contributed by atoms with E-state index in [9.17, 15) is 76.6 Å². The molecule has 23 nitrogen and oxygen atoms in total. The van der Waals surface area contributed by atoms with Crippen molar-refractivity contribution in [2.24, 2.45) is 46.3 Å². The van der Waals surface area contributed by atoms with E-state index in [2.05, 4.69) is 39.8 Å². The molecular formula is C50H82O23. The molecule has 4 heterocycles. The Balaban J connectivity index is 1.04. The van der Waals surface area contributed by atoms with Crippen molar-refractivity contribution < 1.29 is 114 Å². The number of aliphatic hydroxyl groups is 15. The Morgan fingerprint density at radius 1 is 0.630 bits per heavy atom. The van der Waals surface area contributed by atoms with Gasteiger partial charge in [0.2, 0.25) is 0 Å². The fraction of sp³-hybridized carbons (Fsp3) is 0.920. The lowest BCUT2D eigenvalue weighted by molar-refractivity contribution is -0.397. The summed E-state index contributed by atoms with van der Waals surface area (Å²) in [5.74, 6) is 0.560. The van der Waals surface area contributed by atoms with E-state index in [1.54, 1.807) is 0 Å². The van der Waals surface area contributed by atoms with E-state index >= 15 is 0 Å². The fourth-order valence-electron chi connectivity index (χ4n) is 13.9. The molecule has 73 heavy (non-hydrogen) atoms. The van der Waals surface area contributed by atoms with Crippen molar-refractivity contribution in [2.75, 3.05) is 33.0 Å². The zero-order valence-corrected chi connectivity index (χ0v) is 41.9. The zero-order valence-electron chi connectivity index (χ0n) is 41.9. The lowest BCUT2D eigenvalue weighted by Crippen LogP contribution is -2.67. The van der Waals surface area contributed by atoms with Gasteiger partial charge in [0, 0.05) is 12.5 Å². The van der Waals surface area contributed by atoms with Crippen LogP contribution >= 0.6 is 0 Å². The third kappa shape index (κ3) is 10.8. The van der Waals surface area contributed by atoms with Gasteiger partial charge in [0.1, 0.15) is 97.7 Å². The van der Waals surface area contributed by atoms with Crippen molar-refractivity contribution in [1.82, 2.24) is 0 Å². The van der Waals surface area contributed by atoms with Crippen LogP contribution in [-0.4, -0.2) is 245 Å². The van der Waals surface area contributed by atoms with Crippen molar-refractivity contribution in [3.63, 3.8) is 0 Å². The Kier molecular flexibility index (Phi) is 18.6. The number of allylic oxidation sites excluding steroid dienone is 2. The highest BCUT2D eigenvalue weighted by Gasteiger charge is 2.64. The molecule has 0 amide bonds. The van der Waals surface area contributed by atoms with Gasteiger partial charge in [-0.15, -0.1) is 0 Å². The summed E-state index contributed by atoms with van der Waals surface area (Å²) in [5.41, 5.74) is 0.0324. The molecule has 30 atom stereocenters. The summed E-state index contributed by atoms with van der Waals surface area (Å²) in [6, 6.07) is 0. The van der Waals surface area contributed by atoms with Crippen LogP contribution in [0.2, 0.25) is 0 Å². The van der Waals surface area contributed by atoms with Crippen molar-refractivity contribution in [2.45, 2.75) is 208 Å². The fourth-order valence-corrected chi connectivity index (χ4v) is 13.9. The molecular weight excluding hydrogens is 969 g/mol. The summed E-state index contributed by atoms with van der Waals surface area (Å²) in [6.45, 7) is 5.54. The number of aliphatic hydroxyl groups excluding tert-OH is 15. The van der Waals surface area contributed by atoms with Gasteiger partial charge in [-0.3, -0.25) is 0 Å². The molecule has 15 N–H and O–H groups in total. The molecule has 0 aromatic heterocycles. The largest absolute Gasteiger partial charge is 0.396 e. The Hall–Kier alpha value is -1.44. The zero-order chi connectivity index (χ0) is 53.0. The van der Waals surface area contributed by atoms with Gasteiger partial charge in [-0.1, -0.05) is 52.3 Å². The van der Waals surface area contributed by atoms with Gasteiger partial charge in [-0.05, 0) is 84.5 Å². The van der Waals surface area contributed by atoms with Gasteiger partial charge < -0.3 is 114 Å². The summed E-state index contributed by atoms with van der Waals surface area (Å²) >= 11 is 0. The van der Waals surface area contributed by atoms with Crippen LogP contribution in [0.15, 0.2) is 23.8 Å². The van der Waals surface area contributed by atoms with E-state index in [0.717, 1.165) is 24.8 Å². The Labute approximate surface area is 424 Å². The van der Waals surface area contributed by atoms with Crippen LogP contribution in [0.3, 0.4) is 0 Å². The molecule has 7 fully saturated rings. The van der Waals surface area contributed by atoms with E-state index in [1.165, 1.54) is 0 Å². The summed E-state index contributed by atoms with van der Waals surface area (Å²) in [6.07, 6.45) is -25.7. The SMILES string of the molecule is CCC(C)/C=C/[C@@H](CO)[C@H]1C[C@H](O)[C@H]2[C@@H]3CC=C4[C@@H](O)[C@@H](O[C@@H]5O[C@H](CO)[C@@H](O[C@@H]6O[C@H](CO)[C@H](O)[C@H](O)[C@H]6O)[C@H](O[C@@H]6OC[C@@H](O)[C@@H](O)[C@@H]6O[C@@H]6O[C@H](CO)[C@H](O)[C@H](O)[C@H]6O)[C@H]5O)CC[C@]4(C)[C@H]3CC[C@@]21C. The second kappa shape index (κ2) is 23.5. The average molecular weight is 1050 g/mol. The van der Waals surface area contributed by atoms with Gasteiger partial charge >= 0.3 is 0 Å². The maximum absolute atomic E-state index is 12.3. The third-order valence-corrected chi connectivity index (χ3v) is 18.4. The first kappa shape index (κ1) is 57.7. The monoisotopic (exact) mass is 1050 g/mol. The van der Waals surface area contributed by atoms with Gasteiger partial charge in [0.15, 0.2) is 25.2 Å². The first-order valence-corrected chi connectivity index (χ1v) is 26.2. The summed E-state index contributed by atoms with van der Waals surface area (Å²) < 4.78 is 47.7. The molecule has 4 aliphatic carbocycles. The predicted octanol–water partition coefficient (Wildman–Crippen LogP) is -3.99. The van der Waals surface area contributed by atoms with Crippen LogP contribution in [0.5, 0.6) is 0 Å². The number of hydrogen-bond acceptors (Lipinski definition) is 23. The van der Waals surface area contributed by atoms with Crippen LogP contribution in [0.4, 0.5) is 0 Å². The summed E-state index contributed by atoms with van der Waals surface area (Å²) in [5, 5.41) is 163. The second-order valence-electron chi connectivity index (χ2n) is 22.5. The van der Waals surface area contributed by atoms with E-state index in [4.69, 9.17) is 37.9 Å². The van der Waals surface area contributed by atoms with E-state index in [1.807, 2.05) is 6.08 Å². The third-order valence-electron chi connectivity index (χ3n) is 18.4. The lowest BCUT2D eigenvalue weighted by atomic mass is 9.46. The first-order chi connectivity index (χ1) is 34.7. The molecule has 8 rings (SSSR count). The van der Waals surface area contributed by atoms with E-state index in [0.29, 0.717) is 25.2 Å². The van der Waals surface area contributed by atoms with Gasteiger partial charge in [-0.25, -0.2) is 0 Å². The van der Waals surface area contributed by atoms with Crippen LogP contribution in [-0.2, 0) is 37.9 Å². The Morgan fingerprint density at radius 2 is 1.21 bits per heavy atom. The standard InChI is InChI=1S/C50H82O23/c1-5-20(2)6-7-21(15-51)25-14-26(55)32-22-8-9-24-33(57)28(11-13-49(24,3)23(22)10-12-50(25,32)4)67-47-41(65)43(42(31(18-54)70-47)71-45-39(63)37(61)35(59)29(16-52)68-45)72-48-44(34(58)27(56)19-66-48)73-46-40(64)38(62)36(60)30(17-53)69-46/h6-7,9,20-23,25-48,51-65H,5,8,10-19H2,1-4H3/b7-6+/t20?,21-,22+,23-,25+,26-,27+,28-,29+,30+,31+,32+,33+,34+,35-,36-,37-,38-,39+,40+,41+,42+,43+,44-,45-,46-,47+,48-,49+,50+/m0/s1. The van der Waals surface area contributed by atoms with Gasteiger partial charge in [0.05, 0.1) is 38.6 Å². The van der Waals surface area contributed by atoms with Crippen molar-refractivity contribution in [3.05, 3.63) is 23.8 Å². The molecule has 0 bridgehead atoms. The molecule has 4 saturated heterocycles. The first-order valence-electron chi connectivity index (χ1n) is 26.2. The van der Waals surface area contributed by atoms with Crippen molar-refractivity contribution in [1.29, 1.82) is 0 Å². The molecule has 0 spiro atoms. The number of ether oxygens (including phenoxy) is 8. The maximum Gasteiger partial charge on any atom is 0.187 e. The van der Waals surface area contributed by atoms with Crippen LogP contribution in [0, 0.1) is 46.3 Å². The Bertz CT molecular complexity index is 1860. The van der Waals surface area contributed by atoms with Gasteiger partial charge in [-0.2, -0.15) is 0 Å². The van der Waals surface area contributed by atoms with Crippen LogP contribution in [0.25, 0.3) is 0 Å². The van der Waals surface area contributed by atoms with Crippen molar-refractivity contribution >= 4 is 0 Å². The highest BCUT2D eigenvalue weighted by Crippen LogP contribution is 2.67. The molecule has 4 aliphatic heterocycles. The highest BCUT2D eigenvalue weighted by atomic mass is 16.8. The molecule has 3 saturated carbocycles. The molecule has 0 radical (unpaired) electrons. The summed E-state index contributed by atoms with van der Waals surface area (Å²) in [7, 11) is 0. The quantitative estimate of drug-likeness (QED) is 0.0656. The maximum atomic E-state index is 12.3. The second-order valence-corrected chi connectivity index (χ2v) is 22.5. The molecule has 23 heteroatoms. The predicted molar refractivity (Wildman–Crippen MR) is 248 cm³/mol. The minimum Gasteiger partial charge on any atom is -0.396 e. The van der Waals surface area contributed by atoms with Crippen LogP contribution < -0.4 is 0 Å². The highest BCUT2D eigenvalue weighted by molar-refractivity contribution is 5.30. The van der Waals surface area contributed by atoms with Gasteiger partial charge in [0.25, 0.3) is 0 Å². The topological polar surface area (TPSA) is 377 Å². The van der Waals surface area contributed by atoms with Crippen LogP contribution in [0.1, 0.15) is 72.6 Å². The number of fused-ring (bicyclic) bond motifs is 5. The number of rotatable bonds is 16. The minimum atomic E-state index is -1.98. The molecule has 1 unspecified atom stereocenters. The smallest absolute Gasteiger partial charge is 0.187 e. The summed E-state index contributed by atoms with van der Waals surface area (Å²) in [4.78, 5) is 0. The lowest BCUT2D eigenvalue weighted by Gasteiger charge is -2.59. The van der Waals surface area contributed by atoms with E-state index < -0.39 is 167 Å². The normalized spacial score (nSPS) is 52.2. The molecule has 0 aromatic carbocycles. The molecule has 8 aliphatic rings. The average Bonchev–Trinajstić information content (AvgIpc) is 3.65. The Morgan fingerprint density at radius 3 is 1.79 bits per heavy atom. The number of hydrogen-bond donors (Lipinski definition) is 15. The van der Waals surface area contributed by atoms with E-state index in [-0.39, 0.29) is 48.0 Å². The van der Waals surface area contributed by atoms with Crippen molar-refractivity contribution in [3.8, 4) is 0 Å². The molecule has 420 valence electrons. The molecule has 0 aromatic rings.